The summed E-state index contributed by atoms with van der Waals surface area (Å²) in [6.07, 6.45) is 5.29. The van der Waals surface area contributed by atoms with Gasteiger partial charge < -0.3 is 5.32 Å². The molecule has 5 heteroatoms. The molecule has 17 heavy (non-hydrogen) atoms. The first-order chi connectivity index (χ1) is 7.89. The highest BCUT2D eigenvalue weighted by Crippen LogP contribution is 2.37. The summed E-state index contributed by atoms with van der Waals surface area (Å²) in [5.41, 5.74) is 0.107. The Morgan fingerprint density at radius 3 is 2.59 bits per heavy atom. The quantitative estimate of drug-likeness (QED) is 0.799. The highest BCUT2D eigenvalue weighted by atomic mass is 32.2. The first kappa shape index (κ1) is 13.3. The highest BCUT2D eigenvalue weighted by molar-refractivity contribution is 7.89. The fourth-order valence-electron chi connectivity index (χ4n) is 2.97. The third-order valence-corrected chi connectivity index (χ3v) is 5.65. The van der Waals surface area contributed by atoms with Gasteiger partial charge in [0.05, 0.1) is 5.75 Å². The van der Waals surface area contributed by atoms with Gasteiger partial charge in [-0.3, -0.25) is 0 Å². The van der Waals surface area contributed by atoms with Crippen LogP contribution < -0.4 is 10.0 Å². The normalized spacial score (nSPS) is 33.1. The van der Waals surface area contributed by atoms with Gasteiger partial charge in [0.2, 0.25) is 10.0 Å². The monoisotopic (exact) mass is 260 g/mol. The summed E-state index contributed by atoms with van der Waals surface area (Å²) in [4.78, 5) is 0. The molecule has 2 N–H and O–H groups in total. The van der Waals surface area contributed by atoms with Crippen LogP contribution in [0, 0.1) is 5.41 Å². The fourth-order valence-corrected chi connectivity index (χ4v) is 4.75. The summed E-state index contributed by atoms with van der Waals surface area (Å²) in [5, 5.41) is 3.24. The summed E-state index contributed by atoms with van der Waals surface area (Å²) in [7, 11) is -3.13. The van der Waals surface area contributed by atoms with E-state index in [1.165, 1.54) is 0 Å². The van der Waals surface area contributed by atoms with E-state index in [-0.39, 0.29) is 23.3 Å². The van der Waals surface area contributed by atoms with Gasteiger partial charge in [-0.25, -0.2) is 13.1 Å². The zero-order chi connectivity index (χ0) is 12.5. The molecule has 0 radical (unpaired) electrons. The Labute approximate surface area is 105 Å². The van der Waals surface area contributed by atoms with E-state index in [9.17, 15) is 8.42 Å². The first-order valence-electron chi connectivity index (χ1n) is 6.62. The van der Waals surface area contributed by atoms with Crippen molar-refractivity contribution < 1.29 is 8.42 Å². The van der Waals surface area contributed by atoms with Crippen LogP contribution in [0.5, 0.6) is 0 Å². The van der Waals surface area contributed by atoms with Crippen molar-refractivity contribution in [2.75, 3.05) is 12.3 Å². The van der Waals surface area contributed by atoms with Crippen molar-refractivity contribution >= 4 is 10.0 Å². The number of rotatable bonds is 4. The number of nitrogens with one attached hydrogen (secondary N) is 2. The second-order valence-electron chi connectivity index (χ2n) is 6.13. The molecule has 2 fully saturated rings. The fraction of sp³-hybridized carbons (Fsp3) is 1.00. The maximum Gasteiger partial charge on any atom is 0.213 e. The van der Waals surface area contributed by atoms with Crippen molar-refractivity contribution in [2.24, 2.45) is 5.41 Å². The molecule has 1 aliphatic carbocycles. The van der Waals surface area contributed by atoms with Crippen LogP contribution in [0.2, 0.25) is 0 Å². The lowest BCUT2D eigenvalue weighted by molar-refractivity contribution is 0.312. The third kappa shape index (κ3) is 3.42. The maximum absolute atomic E-state index is 12.1. The van der Waals surface area contributed by atoms with Crippen LogP contribution in [-0.4, -0.2) is 32.8 Å². The van der Waals surface area contributed by atoms with E-state index in [0.717, 1.165) is 38.6 Å². The molecule has 1 saturated heterocycles. The van der Waals surface area contributed by atoms with Crippen molar-refractivity contribution in [1.82, 2.24) is 10.0 Å². The Morgan fingerprint density at radius 2 is 2.06 bits per heavy atom. The largest absolute Gasteiger partial charge is 0.313 e. The van der Waals surface area contributed by atoms with Gasteiger partial charge in [0.25, 0.3) is 0 Å². The highest BCUT2D eigenvalue weighted by Gasteiger charge is 2.37. The molecule has 100 valence electrons. The van der Waals surface area contributed by atoms with E-state index in [1.54, 1.807) is 0 Å². The van der Waals surface area contributed by atoms with E-state index in [2.05, 4.69) is 23.9 Å². The summed E-state index contributed by atoms with van der Waals surface area (Å²) >= 11 is 0. The van der Waals surface area contributed by atoms with Gasteiger partial charge in [-0.05, 0) is 37.6 Å². The molecule has 2 atom stereocenters. The van der Waals surface area contributed by atoms with E-state index >= 15 is 0 Å². The van der Waals surface area contributed by atoms with E-state index < -0.39 is 10.0 Å². The molecule has 2 unspecified atom stereocenters. The molecule has 4 nitrogen and oxygen atoms in total. The molecule has 1 saturated carbocycles. The van der Waals surface area contributed by atoms with Gasteiger partial charge in [0.1, 0.15) is 0 Å². The molecule has 1 heterocycles. The average Bonchev–Trinajstić information content (AvgIpc) is 2.76. The summed E-state index contributed by atoms with van der Waals surface area (Å²) < 4.78 is 27.1. The number of hydrogen-bond acceptors (Lipinski definition) is 3. The van der Waals surface area contributed by atoms with Crippen LogP contribution in [-0.2, 0) is 10.0 Å². The van der Waals surface area contributed by atoms with Gasteiger partial charge in [-0.2, -0.15) is 0 Å². The van der Waals surface area contributed by atoms with Crippen LogP contribution in [0.4, 0.5) is 0 Å². The zero-order valence-electron chi connectivity index (χ0n) is 10.8. The Morgan fingerprint density at radius 1 is 1.29 bits per heavy atom. The van der Waals surface area contributed by atoms with Crippen LogP contribution in [0.15, 0.2) is 0 Å². The van der Waals surface area contributed by atoms with Crippen LogP contribution in [0.25, 0.3) is 0 Å². The van der Waals surface area contributed by atoms with Crippen LogP contribution in [0.3, 0.4) is 0 Å². The molecule has 0 amide bonds. The molecular formula is C12H24N2O2S. The molecule has 2 aliphatic rings. The summed E-state index contributed by atoms with van der Waals surface area (Å²) in [6, 6.07) is 0.269. The Kier molecular flexibility index (Phi) is 3.80. The second kappa shape index (κ2) is 4.86. The van der Waals surface area contributed by atoms with E-state index in [1.807, 2.05) is 0 Å². The lowest BCUT2D eigenvalue weighted by atomic mass is 9.88. The predicted molar refractivity (Wildman–Crippen MR) is 69.4 cm³/mol. The zero-order valence-corrected chi connectivity index (χ0v) is 11.6. The molecule has 0 spiro atoms. The van der Waals surface area contributed by atoms with Crippen molar-refractivity contribution in [3.05, 3.63) is 0 Å². The second-order valence-corrected chi connectivity index (χ2v) is 7.92. The van der Waals surface area contributed by atoms with Crippen molar-refractivity contribution in [1.29, 1.82) is 0 Å². The van der Waals surface area contributed by atoms with Gasteiger partial charge in [0.15, 0.2) is 0 Å². The summed E-state index contributed by atoms with van der Waals surface area (Å²) in [6.45, 7) is 5.26. The molecule has 1 aliphatic heterocycles. The van der Waals surface area contributed by atoms with Gasteiger partial charge in [0, 0.05) is 12.1 Å². The molecule has 0 bridgehead atoms. The summed E-state index contributed by atoms with van der Waals surface area (Å²) in [5.74, 6) is 0.236. The van der Waals surface area contributed by atoms with Crippen molar-refractivity contribution in [3.8, 4) is 0 Å². The number of sulfonamides is 1. The standard InChI is InChI=1S/C12H24N2O2S/c1-12(2)7-3-6-11(12)14-17(15,16)9-10-5-4-8-13-10/h10-11,13-14H,3-9H2,1-2H3. The molecule has 0 aromatic rings. The van der Waals surface area contributed by atoms with Crippen LogP contribution >= 0.6 is 0 Å². The SMILES string of the molecule is CC1(C)CCCC1NS(=O)(=O)CC1CCCN1. The Bertz CT molecular complexity index is 359. The third-order valence-electron chi connectivity index (χ3n) is 4.16. The molecule has 2 rings (SSSR count). The van der Waals surface area contributed by atoms with E-state index in [4.69, 9.17) is 0 Å². The van der Waals surface area contributed by atoms with Gasteiger partial charge >= 0.3 is 0 Å². The molecule has 0 aromatic carbocycles. The lowest BCUT2D eigenvalue weighted by Gasteiger charge is -2.28. The maximum atomic E-state index is 12.1. The minimum Gasteiger partial charge on any atom is -0.313 e. The van der Waals surface area contributed by atoms with Crippen molar-refractivity contribution in [2.45, 2.75) is 58.0 Å². The first-order valence-corrected chi connectivity index (χ1v) is 8.28. The smallest absolute Gasteiger partial charge is 0.213 e. The molecular weight excluding hydrogens is 236 g/mol. The lowest BCUT2D eigenvalue weighted by Crippen LogP contribution is -2.45. The van der Waals surface area contributed by atoms with Gasteiger partial charge in [-0.15, -0.1) is 0 Å². The Balaban J connectivity index is 1.92. The Hall–Kier alpha value is -0.130. The van der Waals surface area contributed by atoms with Gasteiger partial charge in [-0.1, -0.05) is 20.3 Å². The molecule has 0 aromatic heterocycles. The van der Waals surface area contributed by atoms with E-state index in [0.29, 0.717) is 0 Å². The van der Waals surface area contributed by atoms with Crippen molar-refractivity contribution in [3.63, 3.8) is 0 Å². The number of hydrogen-bond donors (Lipinski definition) is 2. The average molecular weight is 260 g/mol. The predicted octanol–water partition coefficient (Wildman–Crippen LogP) is 1.24. The minimum atomic E-state index is -3.13. The topological polar surface area (TPSA) is 58.2 Å². The van der Waals surface area contributed by atoms with Crippen LogP contribution in [0.1, 0.15) is 46.0 Å². The minimum absolute atomic E-state index is 0.107.